The van der Waals surface area contributed by atoms with Crippen molar-refractivity contribution in [3.05, 3.63) is 22.4 Å². The van der Waals surface area contributed by atoms with Crippen LogP contribution < -0.4 is 10.6 Å². The maximum atomic E-state index is 11.3. The Kier molecular flexibility index (Phi) is 10.3. The predicted octanol–water partition coefficient (Wildman–Crippen LogP) is 1.59. The molecule has 1 aliphatic heterocycles. The van der Waals surface area contributed by atoms with Gasteiger partial charge in [-0.25, -0.2) is 4.99 Å². The lowest BCUT2D eigenvalue weighted by Crippen LogP contribution is -2.50. The largest absolute Gasteiger partial charge is 0.357 e. The normalized spacial score (nSPS) is 15.8. The molecule has 1 saturated heterocycles. The molecule has 6 nitrogen and oxygen atoms in total. The number of nitrogens with one attached hydrogen (secondary N) is 2. The van der Waals surface area contributed by atoms with Gasteiger partial charge in [-0.05, 0) is 29.3 Å². The highest BCUT2D eigenvalue weighted by molar-refractivity contribution is 14.0. The zero-order valence-electron chi connectivity index (χ0n) is 14.5. The molecule has 1 amide bonds. The second-order valence-electron chi connectivity index (χ2n) is 5.60. The van der Waals surface area contributed by atoms with E-state index < -0.39 is 0 Å². The topological polar surface area (TPSA) is 60.0 Å². The Labute approximate surface area is 165 Å². The van der Waals surface area contributed by atoms with E-state index in [9.17, 15) is 4.79 Å². The molecule has 2 N–H and O–H groups in total. The summed E-state index contributed by atoms with van der Waals surface area (Å²) < 4.78 is 0. The van der Waals surface area contributed by atoms with Crippen molar-refractivity contribution in [1.29, 1.82) is 0 Å². The zero-order chi connectivity index (χ0) is 16.5. The van der Waals surface area contributed by atoms with Gasteiger partial charge in [-0.1, -0.05) is 0 Å². The van der Waals surface area contributed by atoms with E-state index in [1.54, 1.807) is 18.3 Å². The summed E-state index contributed by atoms with van der Waals surface area (Å²) in [6, 6.07) is 2.10. The quantitative estimate of drug-likeness (QED) is 0.381. The van der Waals surface area contributed by atoms with Crippen molar-refractivity contribution in [3.8, 4) is 0 Å². The minimum absolute atomic E-state index is 0. The Hall–Kier alpha value is -0.870. The maximum Gasteiger partial charge on any atom is 0.219 e. The van der Waals surface area contributed by atoms with Crippen molar-refractivity contribution in [2.45, 2.75) is 20.4 Å². The summed E-state index contributed by atoms with van der Waals surface area (Å²) >= 11 is 1.70. The molecule has 2 heterocycles. The third-order valence-corrected chi connectivity index (χ3v) is 4.61. The average Bonchev–Trinajstić information content (AvgIpc) is 3.06. The second-order valence-corrected chi connectivity index (χ2v) is 6.38. The molecule has 0 saturated carbocycles. The summed E-state index contributed by atoms with van der Waals surface area (Å²) in [5.41, 5.74) is 1.24. The van der Waals surface area contributed by atoms with Crippen LogP contribution in [-0.2, 0) is 11.3 Å². The zero-order valence-corrected chi connectivity index (χ0v) is 17.6. The van der Waals surface area contributed by atoms with E-state index in [2.05, 4.69) is 44.3 Å². The smallest absolute Gasteiger partial charge is 0.219 e. The lowest BCUT2D eigenvalue weighted by Gasteiger charge is -2.34. The second kappa shape index (κ2) is 11.6. The molecule has 0 unspecified atom stereocenters. The standard InChI is InChI=1S/C16H27N5OS.HI/c1-3-17-16(19-12-15-4-11-23-13-15)18-5-6-20-7-9-21(10-8-20)14(2)22;/h4,11,13H,3,5-10,12H2,1-2H3,(H2,17,18,19);1H. The molecule has 0 aliphatic carbocycles. The summed E-state index contributed by atoms with van der Waals surface area (Å²) in [5.74, 6) is 1.04. The van der Waals surface area contributed by atoms with Crippen LogP contribution in [0.2, 0.25) is 0 Å². The molecule has 1 fully saturated rings. The molecular formula is C16H28IN5OS. The Bertz CT molecular complexity index is 501. The van der Waals surface area contributed by atoms with Gasteiger partial charge in [-0.15, -0.1) is 24.0 Å². The Morgan fingerprint density at radius 2 is 2.04 bits per heavy atom. The molecule has 0 atom stereocenters. The molecule has 0 spiro atoms. The van der Waals surface area contributed by atoms with Gasteiger partial charge in [-0.3, -0.25) is 9.69 Å². The molecule has 1 aliphatic rings. The summed E-state index contributed by atoms with van der Waals surface area (Å²) in [6.45, 7) is 10.7. The molecule has 24 heavy (non-hydrogen) atoms. The third kappa shape index (κ3) is 7.35. The van der Waals surface area contributed by atoms with Crippen LogP contribution in [-0.4, -0.2) is 67.5 Å². The van der Waals surface area contributed by atoms with E-state index in [1.165, 1.54) is 5.56 Å². The molecule has 8 heteroatoms. The van der Waals surface area contributed by atoms with E-state index >= 15 is 0 Å². The van der Waals surface area contributed by atoms with Gasteiger partial charge in [0.1, 0.15) is 0 Å². The fourth-order valence-electron chi connectivity index (χ4n) is 2.51. The number of hydrogen-bond donors (Lipinski definition) is 2. The molecule has 0 bridgehead atoms. The fraction of sp³-hybridized carbons (Fsp3) is 0.625. The first kappa shape index (κ1) is 21.2. The highest BCUT2D eigenvalue weighted by Crippen LogP contribution is 2.06. The van der Waals surface area contributed by atoms with E-state index in [1.807, 2.05) is 4.90 Å². The number of hydrogen-bond acceptors (Lipinski definition) is 4. The van der Waals surface area contributed by atoms with Crippen LogP contribution in [0, 0.1) is 0 Å². The molecular weight excluding hydrogens is 437 g/mol. The van der Waals surface area contributed by atoms with Crippen molar-refractivity contribution in [3.63, 3.8) is 0 Å². The van der Waals surface area contributed by atoms with Crippen molar-refractivity contribution < 1.29 is 4.79 Å². The van der Waals surface area contributed by atoms with Gasteiger partial charge >= 0.3 is 0 Å². The Morgan fingerprint density at radius 1 is 1.29 bits per heavy atom. The fourth-order valence-corrected chi connectivity index (χ4v) is 3.17. The van der Waals surface area contributed by atoms with Crippen molar-refractivity contribution in [2.24, 2.45) is 4.99 Å². The van der Waals surface area contributed by atoms with Gasteiger partial charge in [0.15, 0.2) is 5.96 Å². The van der Waals surface area contributed by atoms with Gasteiger partial charge < -0.3 is 15.5 Å². The van der Waals surface area contributed by atoms with Crippen molar-refractivity contribution in [1.82, 2.24) is 20.4 Å². The maximum absolute atomic E-state index is 11.3. The van der Waals surface area contributed by atoms with E-state index in [-0.39, 0.29) is 29.9 Å². The summed E-state index contributed by atoms with van der Waals surface area (Å²) in [7, 11) is 0. The van der Waals surface area contributed by atoms with Crippen LogP contribution in [0.4, 0.5) is 0 Å². The number of amides is 1. The first-order chi connectivity index (χ1) is 11.2. The summed E-state index contributed by atoms with van der Waals surface area (Å²) in [6.07, 6.45) is 0. The van der Waals surface area contributed by atoms with Crippen molar-refractivity contribution >= 4 is 47.2 Å². The number of carbonyl (C=O) groups excluding carboxylic acids is 1. The van der Waals surface area contributed by atoms with Crippen LogP contribution in [0.1, 0.15) is 19.4 Å². The number of guanidine groups is 1. The first-order valence-electron chi connectivity index (χ1n) is 8.20. The minimum atomic E-state index is 0. The SMILES string of the molecule is CCNC(=NCc1ccsc1)NCCN1CCN(C(C)=O)CC1.I. The van der Waals surface area contributed by atoms with Gasteiger partial charge in [-0.2, -0.15) is 11.3 Å². The average molecular weight is 465 g/mol. The van der Waals surface area contributed by atoms with E-state index in [4.69, 9.17) is 0 Å². The molecule has 1 aromatic heterocycles. The van der Waals surface area contributed by atoms with Gasteiger partial charge in [0, 0.05) is 52.7 Å². The highest BCUT2D eigenvalue weighted by atomic mass is 127. The number of thiophene rings is 1. The predicted molar refractivity (Wildman–Crippen MR) is 111 cm³/mol. The highest BCUT2D eigenvalue weighted by Gasteiger charge is 2.17. The van der Waals surface area contributed by atoms with Gasteiger partial charge in [0.25, 0.3) is 0 Å². The summed E-state index contributed by atoms with van der Waals surface area (Å²) in [5, 5.41) is 10.9. The lowest BCUT2D eigenvalue weighted by molar-refractivity contribution is -0.130. The molecule has 2 rings (SSSR count). The Morgan fingerprint density at radius 3 is 2.62 bits per heavy atom. The van der Waals surface area contributed by atoms with E-state index in [0.29, 0.717) is 6.54 Å². The summed E-state index contributed by atoms with van der Waals surface area (Å²) in [4.78, 5) is 20.2. The minimum Gasteiger partial charge on any atom is -0.357 e. The number of nitrogens with zero attached hydrogens (tertiary/aromatic N) is 3. The van der Waals surface area contributed by atoms with E-state index in [0.717, 1.165) is 51.8 Å². The third-order valence-electron chi connectivity index (χ3n) is 3.88. The van der Waals surface area contributed by atoms with Gasteiger partial charge in [0.2, 0.25) is 5.91 Å². The van der Waals surface area contributed by atoms with Crippen LogP contribution in [0.25, 0.3) is 0 Å². The van der Waals surface area contributed by atoms with Crippen LogP contribution >= 0.6 is 35.3 Å². The van der Waals surface area contributed by atoms with Crippen LogP contribution in [0.15, 0.2) is 21.8 Å². The number of halogens is 1. The number of rotatable bonds is 6. The number of aliphatic imine (C=N–C) groups is 1. The molecule has 0 aromatic carbocycles. The molecule has 1 aromatic rings. The van der Waals surface area contributed by atoms with Crippen LogP contribution in [0.5, 0.6) is 0 Å². The number of piperazine rings is 1. The monoisotopic (exact) mass is 465 g/mol. The van der Waals surface area contributed by atoms with Crippen molar-refractivity contribution in [2.75, 3.05) is 45.8 Å². The molecule has 0 radical (unpaired) electrons. The van der Waals surface area contributed by atoms with Crippen LogP contribution in [0.3, 0.4) is 0 Å². The van der Waals surface area contributed by atoms with Gasteiger partial charge in [0.05, 0.1) is 6.54 Å². The first-order valence-corrected chi connectivity index (χ1v) is 9.14. The number of carbonyl (C=O) groups is 1. The lowest BCUT2D eigenvalue weighted by atomic mass is 10.3. The molecule has 136 valence electrons. The Balaban J connectivity index is 0.00000288.